The summed E-state index contributed by atoms with van der Waals surface area (Å²) in [7, 11) is 2.78. The molecule has 16 heavy (non-hydrogen) atoms. The average Bonchev–Trinajstić information content (AvgIpc) is 2.42. The van der Waals surface area contributed by atoms with Gasteiger partial charge < -0.3 is 0 Å². The molecule has 0 spiro atoms. The normalized spacial score (nSPS) is 9.19. The highest BCUT2D eigenvalue weighted by molar-refractivity contribution is 9.22. The molecule has 0 saturated carbocycles. The number of aryl methyl sites for hydroxylation is 1. The third kappa shape index (κ3) is 3.32. The van der Waals surface area contributed by atoms with Gasteiger partial charge in [-0.25, -0.2) is 0 Å². The summed E-state index contributed by atoms with van der Waals surface area (Å²) in [6, 6.07) is 19.1. The van der Waals surface area contributed by atoms with Crippen LogP contribution in [-0.4, -0.2) is 8.86 Å². The van der Waals surface area contributed by atoms with E-state index in [1.54, 1.807) is 0 Å². The zero-order valence-corrected chi connectivity index (χ0v) is 11.9. The van der Waals surface area contributed by atoms with E-state index in [0.29, 0.717) is 0 Å². The molecular weight excluding hydrogens is 276 g/mol. The fraction of sp³-hybridized carbons (Fsp3) is 0.143. The monoisotopic (exact) mass is 289 g/mol. The SMILES string of the molecule is CCc1ccccc1-c1ccccc1.[Si]Br. The van der Waals surface area contributed by atoms with E-state index in [1.165, 1.54) is 16.7 Å². The summed E-state index contributed by atoms with van der Waals surface area (Å²) < 4.78 is 0. The second kappa shape index (κ2) is 7.42. The summed E-state index contributed by atoms with van der Waals surface area (Å²) in [5.41, 5.74) is 4.08. The summed E-state index contributed by atoms with van der Waals surface area (Å²) >= 11 is 2.74. The first-order chi connectivity index (χ1) is 7.92. The molecule has 0 N–H and O–H groups in total. The fourth-order valence-corrected chi connectivity index (χ4v) is 1.73. The van der Waals surface area contributed by atoms with Crippen molar-refractivity contribution in [3.05, 3.63) is 60.2 Å². The van der Waals surface area contributed by atoms with Gasteiger partial charge in [0.25, 0.3) is 0 Å². The lowest BCUT2D eigenvalue weighted by atomic mass is 9.98. The Balaban J connectivity index is 0.000000606. The van der Waals surface area contributed by atoms with Crippen LogP contribution in [0, 0.1) is 0 Å². The van der Waals surface area contributed by atoms with E-state index in [2.05, 4.69) is 85.7 Å². The second-order valence-corrected chi connectivity index (χ2v) is 3.38. The molecule has 2 aromatic rings. The third-order valence-corrected chi connectivity index (χ3v) is 2.48. The van der Waals surface area contributed by atoms with Crippen LogP contribution in [0.5, 0.6) is 0 Å². The average molecular weight is 290 g/mol. The van der Waals surface area contributed by atoms with Crippen LogP contribution in [-0.2, 0) is 6.42 Å². The van der Waals surface area contributed by atoms with Gasteiger partial charge in [-0.1, -0.05) is 61.5 Å². The van der Waals surface area contributed by atoms with Crippen molar-refractivity contribution in [3.63, 3.8) is 0 Å². The van der Waals surface area contributed by atoms with Gasteiger partial charge in [0, 0.05) is 0 Å². The van der Waals surface area contributed by atoms with Gasteiger partial charge in [-0.15, -0.1) is 15.3 Å². The van der Waals surface area contributed by atoms with Crippen LogP contribution in [0.1, 0.15) is 12.5 Å². The van der Waals surface area contributed by atoms with E-state index in [0.717, 1.165) is 6.42 Å². The van der Waals surface area contributed by atoms with Gasteiger partial charge in [0.15, 0.2) is 0 Å². The van der Waals surface area contributed by atoms with Gasteiger partial charge in [0.05, 0.1) is 0 Å². The molecule has 0 fully saturated rings. The van der Waals surface area contributed by atoms with Crippen LogP contribution < -0.4 is 0 Å². The van der Waals surface area contributed by atoms with Crippen molar-refractivity contribution in [1.29, 1.82) is 0 Å². The number of rotatable bonds is 2. The first-order valence-corrected chi connectivity index (χ1v) is 7.99. The summed E-state index contributed by atoms with van der Waals surface area (Å²) in [5, 5.41) is 0. The minimum atomic E-state index is 1.09. The van der Waals surface area contributed by atoms with Crippen molar-refractivity contribution in [1.82, 2.24) is 0 Å². The maximum atomic E-state index is 2.78. The molecule has 81 valence electrons. The van der Waals surface area contributed by atoms with Gasteiger partial charge in [-0.05, 0) is 23.1 Å². The quantitative estimate of drug-likeness (QED) is 0.569. The molecule has 0 aliphatic rings. The molecule has 0 aliphatic carbocycles. The van der Waals surface area contributed by atoms with Crippen molar-refractivity contribution in [2.75, 3.05) is 0 Å². The molecule has 0 atom stereocenters. The van der Waals surface area contributed by atoms with Crippen LogP contribution >= 0.6 is 15.3 Å². The Hall–Kier alpha value is -0.863. The molecule has 2 rings (SSSR count). The van der Waals surface area contributed by atoms with Gasteiger partial charge in [0.1, 0.15) is 8.86 Å². The standard InChI is InChI=1S/C14H14.BrSi/c1-2-12-8-6-7-11-14(12)13-9-4-3-5-10-13;1-2/h3-11H,2H2,1H3;. The third-order valence-electron chi connectivity index (χ3n) is 2.48. The first kappa shape index (κ1) is 13.2. The molecular formula is C14H14BrSi. The minimum Gasteiger partial charge on any atom is -0.135 e. The molecule has 0 nitrogen and oxygen atoms in total. The lowest BCUT2D eigenvalue weighted by Crippen LogP contribution is -1.85. The number of hydrogen-bond acceptors (Lipinski definition) is 0. The Morgan fingerprint density at radius 2 is 1.44 bits per heavy atom. The summed E-state index contributed by atoms with van der Waals surface area (Å²) in [6.45, 7) is 2.20. The molecule has 0 bridgehead atoms. The smallest absolute Gasteiger partial charge is 0.135 e. The van der Waals surface area contributed by atoms with E-state index in [4.69, 9.17) is 0 Å². The Morgan fingerprint density at radius 1 is 0.875 bits per heavy atom. The van der Waals surface area contributed by atoms with E-state index < -0.39 is 0 Å². The maximum absolute atomic E-state index is 2.78. The maximum Gasteiger partial charge on any atom is 0.135 e. The predicted octanol–water partition coefficient (Wildman–Crippen LogP) is 4.38. The number of benzene rings is 2. The van der Waals surface area contributed by atoms with Gasteiger partial charge in [-0.2, -0.15) is 0 Å². The van der Waals surface area contributed by atoms with E-state index in [1.807, 2.05) is 0 Å². The van der Waals surface area contributed by atoms with Crippen LogP contribution in [0.2, 0.25) is 0 Å². The Labute approximate surface area is 109 Å². The summed E-state index contributed by atoms with van der Waals surface area (Å²) in [5.74, 6) is 0. The Morgan fingerprint density at radius 3 is 2.06 bits per heavy atom. The summed E-state index contributed by atoms with van der Waals surface area (Å²) in [4.78, 5) is 0. The zero-order chi connectivity index (χ0) is 11.8. The molecule has 2 aromatic carbocycles. The summed E-state index contributed by atoms with van der Waals surface area (Å²) in [6.07, 6.45) is 1.09. The Kier molecular flexibility index (Phi) is 6.12. The van der Waals surface area contributed by atoms with Crippen LogP contribution in [0.4, 0.5) is 0 Å². The lowest BCUT2D eigenvalue weighted by Gasteiger charge is -2.06. The molecule has 0 heterocycles. The lowest BCUT2D eigenvalue weighted by molar-refractivity contribution is 1.14. The highest BCUT2D eigenvalue weighted by Gasteiger charge is 2.00. The van der Waals surface area contributed by atoms with E-state index in [-0.39, 0.29) is 0 Å². The molecule has 0 saturated heterocycles. The number of halogens is 1. The molecule has 0 unspecified atom stereocenters. The predicted molar refractivity (Wildman–Crippen MR) is 75.9 cm³/mol. The van der Waals surface area contributed by atoms with Gasteiger partial charge in [-0.3, -0.25) is 0 Å². The van der Waals surface area contributed by atoms with Crippen molar-refractivity contribution < 1.29 is 0 Å². The molecule has 0 aromatic heterocycles. The van der Waals surface area contributed by atoms with Crippen molar-refractivity contribution in [3.8, 4) is 11.1 Å². The fourth-order valence-electron chi connectivity index (χ4n) is 1.73. The van der Waals surface area contributed by atoms with Crippen LogP contribution in [0.25, 0.3) is 11.1 Å². The molecule has 0 aliphatic heterocycles. The first-order valence-electron chi connectivity index (χ1n) is 5.24. The van der Waals surface area contributed by atoms with Crippen LogP contribution in [0.3, 0.4) is 0 Å². The minimum absolute atomic E-state index is 1.09. The molecule has 3 radical (unpaired) electrons. The van der Waals surface area contributed by atoms with Gasteiger partial charge in [0.2, 0.25) is 0 Å². The van der Waals surface area contributed by atoms with Crippen molar-refractivity contribution in [2.24, 2.45) is 0 Å². The topological polar surface area (TPSA) is 0 Å². The van der Waals surface area contributed by atoms with Gasteiger partial charge >= 0.3 is 0 Å². The van der Waals surface area contributed by atoms with Crippen molar-refractivity contribution in [2.45, 2.75) is 13.3 Å². The zero-order valence-electron chi connectivity index (χ0n) is 9.28. The highest BCUT2D eigenvalue weighted by atomic mass is 79.9. The van der Waals surface area contributed by atoms with Crippen molar-refractivity contribution >= 4 is 24.2 Å². The second-order valence-electron chi connectivity index (χ2n) is 3.38. The molecule has 0 amide bonds. The molecule has 2 heteroatoms. The highest BCUT2D eigenvalue weighted by Crippen LogP contribution is 2.23. The van der Waals surface area contributed by atoms with E-state index >= 15 is 0 Å². The Bertz CT molecular complexity index is 412. The van der Waals surface area contributed by atoms with Crippen LogP contribution in [0.15, 0.2) is 54.6 Å². The number of hydrogen-bond donors (Lipinski definition) is 0. The largest absolute Gasteiger partial charge is 0.135 e. The van der Waals surface area contributed by atoms with E-state index in [9.17, 15) is 0 Å².